The maximum atomic E-state index is 5.37. The van der Waals surface area contributed by atoms with Crippen LogP contribution in [0.3, 0.4) is 0 Å². The molecule has 0 bridgehead atoms. The van der Waals surface area contributed by atoms with E-state index in [2.05, 4.69) is 35.6 Å². The van der Waals surface area contributed by atoms with Crippen LogP contribution in [0.25, 0.3) is 0 Å². The summed E-state index contributed by atoms with van der Waals surface area (Å²) in [7, 11) is 1.72. The van der Waals surface area contributed by atoms with E-state index < -0.39 is 0 Å². The molecule has 0 atom stereocenters. The minimum absolute atomic E-state index is 0.834. The SMILES string of the molecule is COc1ccccc1CNCc1ccc2c(c1)CCC2. The van der Waals surface area contributed by atoms with Gasteiger partial charge in [0.05, 0.1) is 7.11 Å². The fourth-order valence-corrected chi connectivity index (χ4v) is 2.93. The molecular formula is C18H21NO. The number of fused-ring (bicyclic) bond motifs is 1. The van der Waals surface area contributed by atoms with Gasteiger partial charge in [-0.1, -0.05) is 36.4 Å². The van der Waals surface area contributed by atoms with Crippen molar-refractivity contribution in [2.24, 2.45) is 0 Å². The van der Waals surface area contributed by atoms with Crippen molar-refractivity contribution in [3.05, 3.63) is 64.7 Å². The predicted molar refractivity (Wildman–Crippen MR) is 82.0 cm³/mol. The smallest absolute Gasteiger partial charge is 0.123 e. The van der Waals surface area contributed by atoms with Gasteiger partial charge >= 0.3 is 0 Å². The van der Waals surface area contributed by atoms with Gasteiger partial charge in [-0.25, -0.2) is 0 Å². The summed E-state index contributed by atoms with van der Waals surface area (Å²) in [6, 6.07) is 15.1. The van der Waals surface area contributed by atoms with Crippen molar-refractivity contribution in [3.8, 4) is 5.75 Å². The predicted octanol–water partition coefficient (Wildman–Crippen LogP) is 3.47. The number of hydrogen-bond acceptors (Lipinski definition) is 2. The quantitative estimate of drug-likeness (QED) is 0.895. The lowest BCUT2D eigenvalue weighted by Gasteiger charge is -2.10. The summed E-state index contributed by atoms with van der Waals surface area (Å²) < 4.78 is 5.37. The monoisotopic (exact) mass is 267 g/mol. The molecule has 2 aromatic carbocycles. The zero-order valence-electron chi connectivity index (χ0n) is 12.0. The first-order valence-electron chi connectivity index (χ1n) is 7.30. The van der Waals surface area contributed by atoms with E-state index in [0.29, 0.717) is 0 Å². The van der Waals surface area contributed by atoms with E-state index in [1.54, 1.807) is 18.2 Å². The minimum Gasteiger partial charge on any atom is -0.496 e. The van der Waals surface area contributed by atoms with Crippen molar-refractivity contribution in [3.63, 3.8) is 0 Å². The maximum absolute atomic E-state index is 5.37. The van der Waals surface area contributed by atoms with Crippen molar-refractivity contribution in [2.45, 2.75) is 32.4 Å². The standard InChI is InChI=1S/C18H21NO/c1-20-18-8-3-2-5-17(18)13-19-12-14-9-10-15-6-4-7-16(15)11-14/h2-3,5,8-11,19H,4,6-7,12-13H2,1H3. The van der Waals surface area contributed by atoms with Gasteiger partial charge in [0, 0.05) is 18.7 Å². The van der Waals surface area contributed by atoms with Crippen molar-refractivity contribution in [2.75, 3.05) is 7.11 Å². The van der Waals surface area contributed by atoms with Crippen molar-refractivity contribution < 1.29 is 4.74 Å². The van der Waals surface area contributed by atoms with Crippen LogP contribution in [0.1, 0.15) is 28.7 Å². The summed E-state index contributed by atoms with van der Waals surface area (Å²) in [6.07, 6.45) is 3.81. The molecule has 0 unspecified atom stereocenters. The molecule has 0 amide bonds. The summed E-state index contributed by atoms with van der Waals surface area (Å²) in [4.78, 5) is 0. The lowest BCUT2D eigenvalue weighted by molar-refractivity contribution is 0.407. The van der Waals surface area contributed by atoms with Gasteiger partial charge in [0.2, 0.25) is 0 Å². The molecule has 0 spiro atoms. The van der Waals surface area contributed by atoms with E-state index in [9.17, 15) is 0 Å². The average molecular weight is 267 g/mol. The number of ether oxygens (including phenoxy) is 1. The van der Waals surface area contributed by atoms with Crippen LogP contribution < -0.4 is 10.1 Å². The number of methoxy groups -OCH3 is 1. The molecule has 1 aliphatic rings. The zero-order chi connectivity index (χ0) is 13.8. The Hall–Kier alpha value is -1.80. The molecule has 3 rings (SSSR count). The van der Waals surface area contributed by atoms with Crippen LogP contribution in [0.15, 0.2) is 42.5 Å². The topological polar surface area (TPSA) is 21.3 Å². The van der Waals surface area contributed by atoms with E-state index in [4.69, 9.17) is 4.74 Å². The third-order valence-corrected chi connectivity index (χ3v) is 4.00. The molecule has 0 radical (unpaired) electrons. The summed E-state index contributed by atoms with van der Waals surface area (Å²) in [5.41, 5.74) is 5.66. The Kier molecular flexibility index (Phi) is 4.03. The van der Waals surface area contributed by atoms with E-state index in [0.717, 1.165) is 18.8 Å². The van der Waals surface area contributed by atoms with E-state index in [-0.39, 0.29) is 0 Å². The molecule has 0 saturated carbocycles. The maximum Gasteiger partial charge on any atom is 0.123 e. The van der Waals surface area contributed by atoms with Crippen LogP contribution in [-0.2, 0) is 25.9 Å². The molecular weight excluding hydrogens is 246 g/mol. The third-order valence-electron chi connectivity index (χ3n) is 4.00. The number of hydrogen-bond donors (Lipinski definition) is 1. The Morgan fingerprint density at radius 3 is 2.75 bits per heavy atom. The van der Waals surface area contributed by atoms with Gasteiger partial charge in [-0.2, -0.15) is 0 Å². The van der Waals surface area contributed by atoms with Crippen LogP contribution in [-0.4, -0.2) is 7.11 Å². The van der Waals surface area contributed by atoms with Gasteiger partial charge in [-0.15, -0.1) is 0 Å². The first-order valence-corrected chi connectivity index (χ1v) is 7.30. The number of nitrogens with one attached hydrogen (secondary N) is 1. The van der Waals surface area contributed by atoms with E-state index in [1.165, 1.54) is 30.4 Å². The van der Waals surface area contributed by atoms with Gasteiger partial charge in [-0.05, 0) is 42.0 Å². The van der Waals surface area contributed by atoms with E-state index in [1.807, 2.05) is 12.1 Å². The molecule has 20 heavy (non-hydrogen) atoms. The average Bonchev–Trinajstić information content (AvgIpc) is 2.95. The highest BCUT2D eigenvalue weighted by molar-refractivity contribution is 5.36. The van der Waals surface area contributed by atoms with Crippen LogP contribution in [0.2, 0.25) is 0 Å². The summed E-state index contributed by atoms with van der Waals surface area (Å²) in [5, 5.41) is 3.50. The normalized spacial score (nSPS) is 13.2. The molecule has 0 heterocycles. The highest BCUT2D eigenvalue weighted by atomic mass is 16.5. The van der Waals surface area contributed by atoms with Gasteiger partial charge in [0.1, 0.15) is 5.75 Å². The molecule has 104 valence electrons. The lowest BCUT2D eigenvalue weighted by Crippen LogP contribution is -2.13. The Bertz CT molecular complexity index is 592. The second kappa shape index (κ2) is 6.10. The molecule has 1 N–H and O–H groups in total. The van der Waals surface area contributed by atoms with Gasteiger partial charge < -0.3 is 10.1 Å². The number of aryl methyl sites for hydroxylation is 2. The second-order valence-electron chi connectivity index (χ2n) is 5.37. The molecule has 2 aromatic rings. The Labute approximate surface area is 120 Å². The highest BCUT2D eigenvalue weighted by Gasteiger charge is 2.10. The van der Waals surface area contributed by atoms with Gasteiger partial charge in [0.15, 0.2) is 0 Å². The third kappa shape index (κ3) is 2.86. The van der Waals surface area contributed by atoms with Crippen molar-refractivity contribution >= 4 is 0 Å². The fraction of sp³-hybridized carbons (Fsp3) is 0.333. The Balaban J connectivity index is 1.60. The fourth-order valence-electron chi connectivity index (χ4n) is 2.93. The Morgan fingerprint density at radius 1 is 1.00 bits per heavy atom. The van der Waals surface area contributed by atoms with Gasteiger partial charge in [0.25, 0.3) is 0 Å². The van der Waals surface area contributed by atoms with Crippen LogP contribution >= 0.6 is 0 Å². The minimum atomic E-state index is 0.834. The van der Waals surface area contributed by atoms with E-state index >= 15 is 0 Å². The molecule has 0 fully saturated rings. The molecule has 0 aliphatic heterocycles. The lowest BCUT2D eigenvalue weighted by atomic mass is 10.1. The van der Waals surface area contributed by atoms with Crippen LogP contribution in [0.4, 0.5) is 0 Å². The molecule has 1 aliphatic carbocycles. The van der Waals surface area contributed by atoms with Crippen molar-refractivity contribution in [1.29, 1.82) is 0 Å². The summed E-state index contributed by atoms with van der Waals surface area (Å²) in [6.45, 7) is 1.74. The molecule has 2 nitrogen and oxygen atoms in total. The molecule has 0 saturated heterocycles. The summed E-state index contributed by atoms with van der Waals surface area (Å²) >= 11 is 0. The molecule has 0 aromatic heterocycles. The van der Waals surface area contributed by atoms with Gasteiger partial charge in [-0.3, -0.25) is 0 Å². The Morgan fingerprint density at radius 2 is 1.85 bits per heavy atom. The second-order valence-corrected chi connectivity index (χ2v) is 5.37. The molecule has 2 heteroatoms. The summed E-state index contributed by atoms with van der Waals surface area (Å²) in [5.74, 6) is 0.953. The number of para-hydroxylation sites is 1. The highest BCUT2D eigenvalue weighted by Crippen LogP contribution is 2.23. The largest absolute Gasteiger partial charge is 0.496 e. The number of benzene rings is 2. The first-order chi connectivity index (χ1) is 9.86. The van der Waals surface area contributed by atoms with Crippen LogP contribution in [0, 0.1) is 0 Å². The van der Waals surface area contributed by atoms with Crippen LogP contribution in [0.5, 0.6) is 5.75 Å². The van der Waals surface area contributed by atoms with Crippen molar-refractivity contribution in [1.82, 2.24) is 5.32 Å². The zero-order valence-corrected chi connectivity index (χ0v) is 12.0. The number of rotatable bonds is 5. The first kappa shape index (κ1) is 13.2.